The predicted octanol–water partition coefficient (Wildman–Crippen LogP) is 5.13. The van der Waals surface area contributed by atoms with E-state index in [1.54, 1.807) is 35.2 Å². The number of amides is 1. The van der Waals surface area contributed by atoms with Crippen LogP contribution in [0.4, 0.5) is 10.2 Å². The van der Waals surface area contributed by atoms with Crippen molar-refractivity contribution in [2.45, 2.75) is 25.5 Å². The molecule has 10 heteroatoms. The highest BCUT2D eigenvalue weighted by Gasteiger charge is 2.20. The summed E-state index contributed by atoms with van der Waals surface area (Å²) in [7, 11) is 0. The molecule has 4 aromatic rings. The zero-order chi connectivity index (χ0) is 24.2. The number of nitriles is 1. The van der Waals surface area contributed by atoms with Gasteiger partial charge in [-0.15, -0.1) is 10.2 Å². The third-order valence-corrected chi connectivity index (χ3v) is 6.57. The van der Waals surface area contributed by atoms with E-state index < -0.39 is 0 Å². The summed E-state index contributed by atoms with van der Waals surface area (Å²) in [5.74, 6) is -0.133. The Morgan fingerprint density at radius 3 is 2.71 bits per heavy atom. The Balaban J connectivity index is 1.53. The standard InChI is InChI=1S/C24H20ClFN6OS/c1-15-16(2)31(12-17-6-8-19(26)9-7-17)23(21(15)11-27)29-22(33)13-34-24-30-28-14-32(24)20-5-3-4-18(25)10-20/h3-10,14H,12-13H2,1-2H3,(H,29,33). The van der Waals surface area contributed by atoms with Gasteiger partial charge < -0.3 is 9.88 Å². The smallest absolute Gasteiger partial charge is 0.235 e. The van der Waals surface area contributed by atoms with Crippen LogP contribution in [0.5, 0.6) is 0 Å². The van der Waals surface area contributed by atoms with E-state index in [9.17, 15) is 14.4 Å². The summed E-state index contributed by atoms with van der Waals surface area (Å²) in [6.45, 7) is 4.12. The Kier molecular flexibility index (Phi) is 7.01. The van der Waals surface area contributed by atoms with Crippen molar-refractivity contribution in [2.75, 3.05) is 11.1 Å². The average molecular weight is 495 g/mol. The topological polar surface area (TPSA) is 88.5 Å². The number of nitrogens with zero attached hydrogens (tertiary/aromatic N) is 5. The van der Waals surface area contributed by atoms with Crippen LogP contribution < -0.4 is 5.32 Å². The van der Waals surface area contributed by atoms with Crippen molar-refractivity contribution in [3.8, 4) is 11.8 Å². The molecule has 0 bridgehead atoms. The third kappa shape index (κ3) is 4.98. The van der Waals surface area contributed by atoms with Gasteiger partial charge in [-0.05, 0) is 55.3 Å². The summed E-state index contributed by atoms with van der Waals surface area (Å²) in [5, 5.41) is 21.8. The lowest BCUT2D eigenvalue weighted by Crippen LogP contribution is -2.19. The lowest BCUT2D eigenvalue weighted by atomic mass is 10.2. The van der Waals surface area contributed by atoms with Gasteiger partial charge in [0.1, 0.15) is 24.0 Å². The van der Waals surface area contributed by atoms with Crippen LogP contribution in [-0.4, -0.2) is 31.0 Å². The molecule has 4 rings (SSSR count). The quantitative estimate of drug-likeness (QED) is 0.360. The monoisotopic (exact) mass is 494 g/mol. The molecule has 0 saturated heterocycles. The number of aromatic nitrogens is 4. The number of halogens is 2. The Bertz CT molecular complexity index is 1390. The molecular weight excluding hydrogens is 475 g/mol. The number of anilines is 1. The van der Waals surface area contributed by atoms with Crippen molar-refractivity contribution in [2.24, 2.45) is 0 Å². The molecule has 2 aromatic carbocycles. The number of hydrogen-bond donors (Lipinski definition) is 1. The molecule has 0 aliphatic heterocycles. The van der Waals surface area contributed by atoms with E-state index in [0.717, 1.165) is 22.5 Å². The van der Waals surface area contributed by atoms with Gasteiger partial charge in [0.15, 0.2) is 5.16 Å². The molecular formula is C24H20ClFN6OS. The van der Waals surface area contributed by atoms with Gasteiger partial charge in [0.25, 0.3) is 0 Å². The molecule has 1 N–H and O–H groups in total. The van der Waals surface area contributed by atoms with Gasteiger partial charge in [0, 0.05) is 17.3 Å². The summed E-state index contributed by atoms with van der Waals surface area (Å²) in [5.41, 5.74) is 3.67. The van der Waals surface area contributed by atoms with Crippen molar-refractivity contribution in [1.82, 2.24) is 19.3 Å². The molecule has 0 aliphatic carbocycles. The highest BCUT2D eigenvalue weighted by Crippen LogP contribution is 2.28. The van der Waals surface area contributed by atoms with Crippen LogP contribution in [0.15, 0.2) is 60.0 Å². The fourth-order valence-electron chi connectivity index (χ4n) is 3.52. The van der Waals surface area contributed by atoms with Crippen LogP contribution in [0.1, 0.15) is 22.4 Å². The number of benzene rings is 2. The molecule has 7 nitrogen and oxygen atoms in total. The maximum atomic E-state index is 13.3. The first-order chi connectivity index (χ1) is 16.4. The SMILES string of the molecule is Cc1c(C#N)c(NC(=O)CSc2nncn2-c2cccc(Cl)c2)n(Cc2ccc(F)cc2)c1C. The van der Waals surface area contributed by atoms with Crippen LogP contribution in [0.2, 0.25) is 5.02 Å². The maximum absolute atomic E-state index is 13.3. The molecule has 34 heavy (non-hydrogen) atoms. The second kappa shape index (κ2) is 10.1. The molecule has 2 heterocycles. The number of nitrogens with one attached hydrogen (secondary N) is 1. The number of rotatable bonds is 7. The minimum absolute atomic E-state index is 0.0595. The van der Waals surface area contributed by atoms with Crippen LogP contribution >= 0.6 is 23.4 Å². The van der Waals surface area contributed by atoms with Crippen molar-refractivity contribution in [3.63, 3.8) is 0 Å². The van der Waals surface area contributed by atoms with Gasteiger partial charge in [-0.2, -0.15) is 5.26 Å². The molecule has 1 amide bonds. The second-order valence-corrected chi connectivity index (χ2v) is 8.94. The van der Waals surface area contributed by atoms with Crippen LogP contribution in [0.25, 0.3) is 5.69 Å². The lowest BCUT2D eigenvalue weighted by Gasteiger charge is -2.13. The summed E-state index contributed by atoms with van der Waals surface area (Å²) in [4.78, 5) is 12.9. The zero-order valence-corrected chi connectivity index (χ0v) is 20.0. The third-order valence-electron chi connectivity index (χ3n) is 5.39. The lowest BCUT2D eigenvalue weighted by molar-refractivity contribution is -0.113. The fourth-order valence-corrected chi connectivity index (χ4v) is 4.44. The molecule has 2 aromatic heterocycles. The minimum Gasteiger partial charge on any atom is -0.326 e. The highest BCUT2D eigenvalue weighted by molar-refractivity contribution is 7.99. The summed E-state index contributed by atoms with van der Waals surface area (Å²) in [6, 6.07) is 15.6. The largest absolute Gasteiger partial charge is 0.326 e. The molecule has 172 valence electrons. The van der Waals surface area contributed by atoms with Crippen LogP contribution in [0, 0.1) is 31.0 Å². The first-order valence-corrected chi connectivity index (χ1v) is 11.7. The normalized spacial score (nSPS) is 10.8. The van der Waals surface area contributed by atoms with Crippen LogP contribution in [-0.2, 0) is 11.3 Å². The summed E-state index contributed by atoms with van der Waals surface area (Å²) in [6.07, 6.45) is 1.56. The van der Waals surface area contributed by atoms with E-state index in [0.29, 0.717) is 28.1 Å². The molecule has 0 saturated carbocycles. The van der Waals surface area contributed by atoms with Gasteiger partial charge in [-0.25, -0.2) is 4.39 Å². The van der Waals surface area contributed by atoms with Crippen molar-refractivity contribution < 1.29 is 9.18 Å². The Hall–Kier alpha value is -3.61. The van der Waals surface area contributed by atoms with E-state index in [-0.39, 0.29) is 17.5 Å². The van der Waals surface area contributed by atoms with E-state index in [4.69, 9.17) is 11.6 Å². The minimum atomic E-state index is -0.321. The molecule has 0 spiro atoms. The number of thioether (sulfide) groups is 1. The van der Waals surface area contributed by atoms with Crippen molar-refractivity contribution in [3.05, 3.63) is 88.1 Å². The van der Waals surface area contributed by atoms with Gasteiger partial charge in [-0.3, -0.25) is 9.36 Å². The van der Waals surface area contributed by atoms with Crippen molar-refractivity contribution in [1.29, 1.82) is 5.26 Å². The first kappa shape index (κ1) is 23.5. The average Bonchev–Trinajstić information content (AvgIpc) is 3.38. The zero-order valence-electron chi connectivity index (χ0n) is 18.4. The number of carbonyl (C=O) groups is 1. The second-order valence-electron chi connectivity index (χ2n) is 7.56. The van der Waals surface area contributed by atoms with E-state index in [1.807, 2.05) is 30.5 Å². The van der Waals surface area contributed by atoms with Gasteiger partial charge in [-0.1, -0.05) is 41.6 Å². The predicted molar refractivity (Wildman–Crippen MR) is 130 cm³/mol. The summed E-state index contributed by atoms with van der Waals surface area (Å²) >= 11 is 7.30. The summed E-state index contributed by atoms with van der Waals surface area (Å²) < 4.78 is 16.9. The number of hydrogen-bond acceptors (Lipinski definition) is 5. The Labute approximate surface area is 205 Å². The number of carbonyl (C=O) groups excluding carboxylic acids is 1. The first-order valence-electron chi connectivity index (χ1n) is 10.3. The van der Waals surface area contributed by atoms with Crippen molar-refractivity contribution >= 4 is 35.1 Å². The molecule has 0 fully saturated rings. The van der Waals surface area contributed by atoms with E-state index >= 15 is 0 Å². The van der Waals surface area contributed by atoms with E-state index in [2.05, 4.69) is 21.6 Å². The molecule has 0 aliphatic rings. The van der Waals surface area contributed by atoms with Gasteiger partial charge in [0.05, 0.1) is 17.0 Å². The molecule has 0 radical (unpaired) electrons. The molecule has 0 unspecified atom stereocenters. The Morgan fingerprint density at radius 1 is 1.24 bits per heavy atom. The van der Waals surface area contributed by atoms with Gasteiger partial charge in [0.2, 0.25) is 5.91 Å². The van der Waals surface area contributed by atoms with Gasteiger partial charge >= 0.3 is 0 Å². The van der Waals surface area contributed by atoms with Crippen LogP contribution in [0.3, 0.4) is 0 Å². The Morgan fingerprint density at radius 2 is 2.00 bits per heavy atom. The van der Waals surface area contributed by atoms with E-state index in [1.165, 1.54) is 23.9 Å². The highest BCUT2D eigenvalue weighted by atomic mass is 35.5. The molecule has 0 atom stereocenters. The maximum Gasteiger partial charge on any atom is 0.235 e. The fraction of sp³-hybridized carbons (Fsp3) is 0.167.